The molecule has 0 spiro atoms. The highest BCUT2D eigenvalue weighted by Gasteiger charge is 2.00. The molecule has 2 heteroatoms. The normalized spacial score (nSPS) is 9.55. The molecule has 1 aromatic carbocycles. The largest absolute Gasteiger partial charge is 0.384 e. The smallest absolute Gasteiger partial charge is 0.123 e. The van der Waals surface area contributed by atoms with Crippen LogP contribution in [0, 0.1) is 5.41 Å². The lowest BCUT2D eigenvalue weighted by atomic mass is 10.1. The van der Waals surface area contributed by atoms with E-state index < -0.39 is 0 Å². The van der Waals surface area contributed by atoms with Crippen LogP contribution in [0.1, 0.15) is 18.1 Å². The highest BCUT2D eigenvalue weighted by molar-refractivity contribution is 5.96. The molecule has 0 unspecified atom stereocenters. The van der Waals surface area contributed by atoms with Crippen LogP contribution >= 0.6 is 0 Å². The molecule has 1 rings (SSSR count). The molecule has 0 atom stereocenters. The zero-order valence-electron chi connectivity index (χ0n) is 6.59. The fourth-order valence-electron chi connectivity index (χ4n) is 1.09. The quantitative estimate of drug-likeness (QED) is 0.485. The number of hydrogen-bond donors (Lipinski definition) is 2. The van der Waals surface area contributed by atoms with Gasteiger partial charge < -0.3 is 5.73 Å². The maximum Gasteiger partial charge on any atom is 0.123 e. The van der Waals surface area contributed by atoms with Crippen molar-refractivity contribution in [3.8, 4) is 0 Å². The molecule has 58 valence electrons. The minimum atomic E-state index is 0.155. The van der Waals surface area contributed by atoms with Crippen molar-refractivity contribution in [3.05, 3.63) is 35.4 Å². The van der Waals surface area contributed by atoms with Gasteiger partial charge in [-0.2, -0.15) is 0 Å². The number of amidine groups is 1. The zero-order chi connectivity index (χ0) is 8.27. The van der Waals surface area contributed by atoms with Crippen LogP contribution < -0.4 is 5.73 Å². The molecule has 3 N–H and O–H groups in total. The summed E-state index contributed by atoms with van der Waals surface area (Å²) in [4.78, 5) is 0. The standard InChI is InChI=1S/C9H12N2/c1-2-7-5-3-4-6-8(7)9(10)11/h3-6H,2H2,1H3,(H3,10,11). The van der Waals surface area contributed by atoms with E-state index in [9.17, 15) is 0 Å². The first-order valence-electron chi connectivity index (χ1n) is 3.68. The molecule has 0 radical (unpaired) electrons. The van der Waals surface area contributed by atoms with E-state index in [4.69, 9.17) is 11.1 Å². The average Bonchev–Trinajstić information content (AvgIpc) is 2.04. The molecular formula is C9H12N2. The molecule has 0 amide bonds. The lowest BCUT2D eigenvalue weighted by molar-refractivity contribution is 1.13. The number of hydrogen-bond acceptors (Lipinski definition) is 1. The van der Waals surface area contributed by atoms with E-state index in [0.29, 0.717) is 0 Å². The van der Waals surface area contributed by atoms with Crippen LogP contribution in [-0.4, -0.2) is 5.84 Å². The van der Waals surface area contributed by atoms with Gasteiger partial charge in [-0.15, -0.1) is 0 Å². The molecule has 0 aliphatic rings. The van der Waals surface area contributed by atoms with E-state index in [1.165, 1.54) is 0 Å². The summed E-state index contributed by atoms with van der Waals surface area (Å²) in [6, 6.07) is 7.74. The first kappa shape index (κ1) is 7.79. The third-order valence-electron chi connectivity index (χ3n) is 1.69. The second-order valence-corrected chi connectivity index (χ2v) is 2.42. The minimum absolute atomic E-state index is 0.155. The van der Waals surface area contributed by atoms with Crippen molar-refractivity contribution in [3.63, 3.8) is 0 Å². The van der Waals surface area contributed by atoms with Crippen LogP contribution in [-0.2, 0) is 6.42 Å². The molecule has 0 fully saturated rings. The van der Waals surface area contributed by atoms with Crippen LogP contribution in [0.5, 0.6) is 0 Å². The first-order valence-corrected chi connectivity index (χ1v) is 3.68. The maximum absolute atomic E-state index is 7.26. The highest BCUT2D eigenvalue weighted by atomic mass is 14.7. The van der Waals surface area contributed by atoms with Gasteiger partial charge in [0.1, 0.15) is 5.84 Å². The van der Waals surface area contributed by atoms with E-state index in [2.05, 4.69) is 6.92 Å². The first-order chi connectivity index (χ1) is 5.25. The van der Waals surface area contributed by atoms with E-state index in [-0.39, 0.29) is 5.84 Å². The summed E-state index contributed by atoms with van der Waals surface area (Å²) in [5.41, 5.74) is 7.37. The summed E-state index contributed by atoms with van der Waals surface area (Å²) in [6.45, 7) is 2.06. The maximum atomic E-state index is 7.26. The number of benzene rings is 1. The van der Waals surface area contributed by atoms with Crippen LogP contribution in [0.2, 0.25) is 0 Å². The SMILES string of the molecule is CCc1ccccc1C(=N)N. The van der Waals surface area contributed by atoms with Gasteiger partial charge in [0.2, 0.25) is 0 Å². The molecule has 11 heavy (non-hydrogen) atoms. The molecule has 0 heterocycles. The Balaban J connectivity index is 3.12. The molecular weight excluding hydrogens is 136 g/mol. The topological polar surface area (TPSA) is 49.9 Å². The molecule has 2 nitrogen and oxygen atoms in total. The lowest BCUT2D eigenvalue weighted by Gasteiger charge is -2.03. The van der Waals surface area contributed by atoms with E-state index in [1.54, 1.807) is 0 Å². The molecule has 0 saturated carbocycles. The summed E-state index contributed by atoms with van der Waals surface area (Å²) in [5, 5.41) is 7.26. The monoisotopic (exact) mass is 148 g/mol. The number of nitrogens with two attached hydrogens (primary N) is 1. The fourth-order valence-corrected chi connectivity index (χ4v) is 1.09. The van der Waals surface area contributed by atoms with E-state index in [0.717, 1.165) is 17.5 Å². The van der Waals surface area contributed by atoms with Crippen molar-refractivity contribution in [1.82, 2.24) is 0 Å². The number of nitrogens with one attached hydrogen (secondary N) is 1. The second-order valence-electron chi connectivity index (χ2n) is 2.42. The van der Waals surface area contributed by atoms with E-state index in [1.807, 2.05) is 24.3 Å². The van der Waals surface area contributed by atoms with Gasteiger partial charge in [0.25, 0.3) is 0 Å². The third-order valence-corrected chi connectivity index (χ3v) is 1.69. The molecule has 0 aliphatic heterocycles. The number of rotatable bonds is 2. The molecule has 0 aromatic heterocycles. The van der Waals surface area contributed by atoms with Crippen LogP contribution in [0.15, 0.2) is 24.3 Å². The Morgan fingerprint density at radius 2 is 2.09 bits per heavy atom. The summed E-state index contributed by atoms with van der Waals surface area (Å²) in [7, 11) is 0. The van der Waals surface area contributed by atoms with Gasteiger partial charge >= 0.3 is 0 Å². The van der Waals surface area contributed by atoms with Gasteiger partial charge in [-0.25, -0.2) is 0 Å². The zero-order valence-corrected chi connectivity index (χ0v) is 6.59. The third kappa shape index (κ3) is 1.58. The Morgan fingerprint density at radius 3 is 2.55 bits per heavy atom. The Labute approximate surface area is 66.6 Å². The predicted molar refractivity (Wildman–Crippen MR) is 46.8 cm³/mol. The average molecular weight is 148 g/mol. The van der Waals surface area contributed by atoms with Crippen molar-refractivity contribution in [2.75, 3.05) is 0 Å². The Hall–Kier alpha value is -1.31. The van der Waals surface area contributed by atoms with Gasteiger partial charge in [-0.3, -0.25) is 5.41 Å². The van der Waals surface area contributed by atoms with Gasteiger partial charge in [-0.1, -0.05) is 31.2 Å². The highest BCUT2D eigenvalue weighted by Crippen LogP contribution is 2.07. The summed E-state index contributed by atoms with van der Waals surface area (Å²) >= 11 is 0. The molecule has 0 saturated heterocycles. The molecule has 0 aliphatic carbocycles. The van der Waals surface area contributed by atoms with Crippen molar-refractivity contribution in [2.24, 2.45) is 5.73 Å². The molecule has 0 bridgehead atoms. The van der Waals surface area contributed by atoms with Gasteiger partial charge in [-0.05, 0) is 12.0 Å². The lowest BCUT2D eigenvalue weighted by Crippen LogP contribution is -2.13. The van der Waals surface area contributed by atoms with Crippen LogP contribution in [0.25, 0.3) is 0 Å². The fraction of sp³-hybridized carbons (Fsp3) is 0.222. The van der Waals surface area contributed by atoms with Gasteiger partial charge in [0.15, 0.2) is 0 Å². The summed E-state index contributed by atoms with van der Waals surface area (Å²) in [5.74, 6) is 0.155. The van der Waals surface area contributed by atoms with Crippen molar-refractivity contribution in [2.45, 2.75) is 13.3 Å². The summed E-state index contributed by atoms with van der Waals surface area (Å²) in [6.07, 6.45) is 0.926. The molecule has 1 aromatic rings. The van der Waals surface area contributed by atoms with Gasteiger partial charge in [0.05, 0.1) is 0 Å². The Bertz CT molecular complexity index is 266. The Kier molecular flexibility index (Phi) is 2.26. The van der Waals surface area contributed by atoms with E-state index >= 15 is 0 Å². The predicted octanol–water partition coefficient (Wildman–Crippen LogP) is 1.53. The van der Waals surface area contributed by atoms with Crippen molar-refractivity contribution >= 4 is 5.84 Å². The van der Waals surface area contributed by atoms with Crippen molar-refractivity contribution in [1.29, 1.82) is 5.41 Å². The number of nitrogen functional groups attached to an aromatic ring is 1. The van der Waals surface area contributed by atoms with Gasteiger partial charge in [0, 0.05) is 5.56 Å². The van der Waals surface area contributed by atoms with Crippen molar-refractivity contribution < 1.29 is 0 Å². The second kappa shape index (κ2) is 3.19. The minimum Gasteiger partial charge on any atom is -0.384 e. The van der Waals surface area contributed by atoms with Crippen LogP contribution in [0.3, 0.4) is 0 Å². The summed E-state index contributed by atoms with van der Waals surface area (Å²) < 4.78 is 0. The van der Waals surface area contributed by atoms with Crippen LogP contribution in [0.4, 0.5) is 0 Å². The number of aryl methyl sites for hydroxylation is 1. The Morgan fingerprint density at radius 1 is 1.45 bits per heavy atom.